The van der Waals surface area contributed by atoms with Gasteiger partial charge in [0, 0.05) is 18.4 Å². The summed E-state index contributed by atoms with van der Waals surface area (Å²) >= 11 is 0. The van der Waals surface area contributed by atoms with E-state index in [9.17, 15) is 4.79 Å². The summed E-state index contributed by atoms with van der Waals surface area (Å²) in [7, 11) is -3.71. The van der Waals surface area contributed by atoms with E-state index in [1.54, 1.807) is 0 Å². The first kappa shape index (κ1) is 24.0. The number of carbonyl (C=O) groups excluding carboxylic acids is 1. The van der Waals surface area contributed by atoms with E-state index in [0.717, 1.165) is 6.29 Å². The molecule has 0 N–H and O–H groups in total. The molecule has 0 spiro atoms. The van der Waals surface area contributed by atoms with Gasteiger partial charge in [-0.05, 0) is 36.3 Å². The van der Waals surface area contributed by atoms with Crippen molar-refractivity contribution in [3.63, 3.8) is 0 Å². The zero-order chi connectivity index (χ0) is 19.6. The highest BCUT2D eigenvalue weighted by Gasteiger charge is 2.42. The molecule has 0 aliphatic carbocycles. The Bertz CT molecular complexity index is 406. The highest BCUT2D eigenvalue weighted by Crippen LogP contribution is 2.40. The minimum atomic E-state index is -1.92. The van der Waals surface area contributed by atoms with E-state index in [2.05, 4.69) is 74.7 Å². The van der Waals surface area contributed by atoms with Gasteiger partial charge in [0.05, 0.1) is 6.10 Å². The van der Waals surface area contributed by atoms with E-state index < -0.39 is 16.6 Å². The third kappa shape index (κ3) is 6.39. The van der Waals surface area contributed by atoms with Crippen LogP contribution in [-0.2, 0) is 13.6 Å². The third-order valence-electron chi connectivity index (χ3n) is 6.04. The molecule has 0 amide bonds. The van der Waals surface area contributed by atoms with Crippen LogP contribution in [-0.4, -0.2) is 35.6 Å². The van der Waals surface area contributed by atoms with Gasteiger partial charge in [-0.2, -0.15) is 0 Å². The molecule has 0 aromatic carbocycles. The minimum Gasteiger partial charge on any atom is -0.416 e. The lowest BCUT2D eigenvalue weighted by Crippen LogP contribution is -2.49. The van der Waals surface area contributed by atoms with Crippen LogP contribution in [0.4, 0.5) is 0 Å². The maximum Gasteiger partial charge on any atom is 0.192 e. The fourth-order valence-electron chi connectivity index (χ4n) is 1.99. The van der Waals surface area contributed by atoms with Gasteiger partial charge in [0.15, 0.2) is 16.6 Å². The Kier molecular flexibility index (Phi) is 8.16. The van der Waals surface area contributed by atoms with Gasteiger partial charge in [-0.15, -0.1) is 0 Å². The largest absolute Gasteiger partial charge is 0.416 e. The molecular weight excluding hydrogens is 332 g/mol. The molecule has 0 bridgehead atoms. The topological polar surface area (TPSA) is 35.5 Å². The van der Waals surface area contributed by atoms with Gasteiger partial charge in [-0.3, -0.25) is 0 Å². The molecular formula is C19H42O3Si2. The summed E-state index contributed by atoms with van der Waals surface area (Å²) in [5.41, 5.74) is 0. The van der Waals surface area contributed by atoms with E-state index in [-0.39, 0.29) is 28.0 Å². The molecule has 24 heavy (non-hydrogen) atoms. The summed E-state index contributed by atoms with van der Waals surface area (Å²) < 4.78 is 13.0. The van der Waals surface area contributed by atoms with Crippen molar-refractivity contribution in [3.8, 4) is 0 Å². The molecule has 0 fully saturated rings. The lowest BCUT2D eigenvalue weighted by Gasteiger charge is -2.43. The van der Waals surface area contributed by atoms with Crippen molar-refractivity contribution < 1.29 is 13.6 Å². The van der Waals surface area contributed by atoms with Crippen LogP contribution in [0.2, 0.25) is 36.3 Å². The second-order valence-electron chi connectivity index (χ2n) is 10.4. The van der Waals surface area contributed by atoms with E-state index in [1.165, 1.54) is 0 Å². The maximum absolute atomic E-state index is 11.4. The second-order valence-corrected chi connectivity index (χ2v) is 20.0. The van der Waals surface area contributed by atoms with Gasteiger partial charge in [0.2, 0.25) is 0 Å². The number of carbonyl (C=O) groups is 1. The average molecular weight is 375 g/mol. The Morgan fingerprint density at radius 1 is 0.875 bits per heavy atom. The molecule has 0 saturated carbocycles. The zero-order valence-corrected chi connectivity index (χ0v) is 20.2. The normalized spacial score (nSPS) is 18.2. The van der Waals surface area contributed by atoms with Gasteiger partial charge < -0.3 is 13.6 Å². The Labute approximate surface area is 153 Å². The molecule has 0 saturated heterocycles. The van der Waals surface area contributed by atoms with Crippen molar-refractivity contribution in [1.82, 2.24) is 0 Å². The monoisotopic (exact) mass is 374 g/mol. The first-order valence-corrected chi connectivity index (χ1v) is 15.0. The molecule has 0 aliphatic rings. The molecule has 144 valence electrons. The van der Waals surface area contributed by atoms with Gasteiger partial charge in [0.1, 0.15) is 6.29 Å². The molecule has 0 unspecified atom stereocenters. The van der Waals surface area contributed by atoms with Crippen LogP contribution in [0.25, 0.3) is 0 Å². The standard InChI is InChI=1S/C19H42O3Si2/c1-15(13-20)17(22-24(11,12)19(6,7)8)16(2)14-21-23(9,10)18(3,4)5/h13,15-17H,14H2,1-12H3/t15-,16-,17-/m1/s1. The van der Waals surface area contributed by atoms with E-state index in [0.29, 0.717) is 6.61 Å². The number of hydrogen-bond donors (Lipinski definition) is 0. The van der Waals surface area contributed by atoms with Crippen molar-refractivity contribution in [2.45, 2.75) is 97.8 Å². The fourth-order valence-corrected chi connectivity index (χ4v) is 4.58. The van der Waals surface area contributed by atoms with Crippen LogP contribution in [0.3, 0.4) is 0 Å². The molecule has 0 rings (SSSR count). The van der Waals surface area contributed by atoms with Crippen LogP contribution >= 0.6 is 0 Å². The number of rotatable bonds is 8. The molecule has 3 nitrogen and oxygen atoms in total. The lowest BCUT2D eigenvalue weighted by molar-refractivity contribution is -0.114. The van der Waals surface area contributed by atoms with Crippen LogP contribution in [0.15, 0.2) is 0 Å². The average Bonchev–Trinajstić information content (AvgIpc) is 2.38. The Morgan fingerprint density at radius 3 is 1.62 bits per heavy atom. The van der Waals surface area contributed by atoms with Gasteiger partial charge in [0.25, 0.3) is 0 Å². The highest BCUT2D eigenvalue weighted by atomic mass is 28.4. The molecule has 0 aromatic rings. The van der Waals surface area contributed by atoms with Crippen LogP contribution in [0.1, 0.15) is 55.4 Å². The van der Waals surface area contributed by atoms with Crippen molar-refractivity contribution in [2.75, 3.05) is 6.61 Å². The molecule has 3 atom stereocenters. The summed E-state index contributed by atoms with van der Waals surface area (Å²) in [5, 5.41) is 0.326. The summed E-state index contributed by atoms with van der Waals surface area (Å²) in [4.78, 5) is 11.4. The Balaban J connectivity index is 5.18. The van der Waals surface area contributed by atoms with E-state index in [4.69, 9.17) is 8.85 Å². The van der Waals surface area contributed by atoms with Gasteiger partial charge in [-0.1, -0.05) is 55.4 Å². The summed E-state index contributed by atoms with van der Waals surface area (Å²) in [6.45, 7) is 27.3. The highest BCUT2D eigenvalue weighted by molar-refractivity contribution is 6.74. The molecule has 5 heteroatoms. The molecule has 0 aliphatic heterocycles. The van der Waals surface area contributed by atoms with E-state index >= 15 is 0 Å². The minimum absolute atomic E-state index is 0.0758. The Hall–Kier alpha value is 0.0238. The summed E-state index contributed by atoms with van der Waals surface area (Å²) in [6, 6.07) is 0. The van der Waals surface area contributed by atoms with Crippen molar-refractivity contribution in [1.29, 1.82) is 0 Å². The Morgan fingerprint density at radius 2 is 1.29 bits per heavy atom. The summed E-state index contributed by atoms with van der Waals surface area (Å²) in [5.74, 6) is 0.0885. The van der Waals surface area contributed by atoms with Crippen molar-refractivity contribution >= 4 is 22.9 Å². The van der Waals surface area contributed by atoms with Crippen molar-refractivity contribution in [3.05, 3.63) is 0 Å². The van der Waals surface area contributed by atoms with Gasteiger partial charge >= 0.3 is 0 Å². The van der Waals surface area contributed by atoms with Crippen LogP contribution in [0.5, 0.6) is 0 Å². The smallest absolute Gasteiger partial charge is 0.192 e. The second kappa shape index (κ2) is 8.15. The molecule has 0 heterocycles. The first-order valence-electron chi connectivity index (χ1n) is 9.23. The van der Waals surface area contributed by atoms with Crippen LogP contribution < -0.4 is 0 Å². The maximum atomic E-state index is 11.4. The predicted octanol–water partition coefficient (Wildman–Crippen LogP) is 5.87. The predicted molar refractivity (Wildman–Crippen MR) is 110 cm³/mol. The third-order valence-corrected chi connectivity index (χ3v) is 15.0. The number of aldehydes is 1. The van der Waals surface area contributed by atoms with E-state index in [1.807, 2.05) is 6.92 Å². The molecule has 0 aromatic heterocycles. The number of hydrogen-bond acceptors (Lipinski definition) is 3. The zero-order valence-electron chi connectivity index (χ0n) is 18.2. The summed E-state index contributed by atoms with van der Waals surface area (Å²) in [6.07, 6.45) is 0.953. The quantitative estimate of drug-likeness (QED) is 0.394. The fraction of sp³-hybridized carbons (Fsp3) is 0.947. The van der Waals surface area contributed by atoms with Gasteiger partial charge in [-0.25, -0.2) is 0 Å². The first-order chi connectivity index (χ1) is 10.5. The van der Waals surface area contributed by atoms with Crippen molar-refractivity contribution in [2.24, 2.45) is 11.8 Å². The molecule has 0 radical (unpaired) electrons. The SMILES string of the molecule is C[C@H](C=O)[C@@H](O[Si](C)(C)C(C)(C)C)[C@H](C)CO[Si](C)(C)C(C)(C)C. The van der Waals surface area contributed by atoms with Crippen LogP contribution in [0, 0.1) is 11.8 Å². The lowest BCUT2D eigenvalue weighted by atomic mass is 9.95.